The van der Waals surface area contributed by atoms with Crippen molar-refractivity contribution in [3.05, 3.63) is 0 Å². The molecule has 0 bridgehead atoms. The second-order valence-corrected chi connectivity index (χ2v) is 5.25. The van der Waals surface area contributed by atoms with E-state index in [1.807, 2.05) is 20.8 Å². The van der Waals surface area contributed by atoms with Crippen LogP contribution in [0.3, 0.4) is 0 Å². The molecule has 1 saturated heterocycles. The molecule has 1 rings (SSSR count). The van der Waals surface area contributed by atoms with Crippen LogP contribution in [0.1, 0.15) is 20.8 Å². The van der Waals surface area contributed by atoms with Crippen LogP contribution >= 0.6 is 0 Å². The first-order valence-corrected chi connectivity index (χ1v) is 5.91. The molecule has 0 aromatic carbocycles. The predicted octanol–water partition coefficient (Wildman–Crippen LogP) is 0.739. The van der Waals surface area contributed by atoms with Crippen LogP contribution in [0, 0.1) is 5.92 Å². The van der Waals surface area contributed by atoms with E-state index in [9.17, 15) is 5.11 Å². The van der Waals surface area contributed by atoms with Crippen LogP contribution in [0.5, 0.6) is 0 Å². The maximum absolute atomic E-state index is 10.2. The van der Waals surface area contributed by atoms with Crippen LogP contribution in [0.15, 0.2) is 0 Å². The lowest BCUT2D eigenvalue weighted by Crippen LogP contribution is -2.44. The number of β-amino-alcohol motifs (C(OH)–C–C–N with tert-alkyl or cyclic N) is 1. The molecule has 0 radical (unpaired) electrons. The molecule has 4 nitrogen and oxygen atoms in total. The third-order valence-corrected chi connectivity index (χ3v) is 3.68. The van der Waals surface area contributed by atoms with Gasteiger partial charge in [0.2, 0.25) is 0 Å². The van der Waals surface area contributed by atoms with E-state index in [2.05, 4.69) is 4.90 Å². The number of ether oxygens (including phenoxy) is 2. The quantitative estimate of drug-likeness (QED) is 0.758. The van der Waals surface area contributed by atoms with Gasteiger partial charge in [0.1, 0.15) is 0 Å². The van der Waals surface area contributed by atoms with Crippen molar-refractivity contribution >= 4 is 0 Å². The average Bonchev–Trinajstić information content (AvgIpc) is 2.59. The molecule has 0 spiro atoms. The lowest BCUT2D eigenvalue weighted by atomic mass is 9.92. The highest BCUT2D eigenvalue weighted by atomic mass is 16.5. The molecule has 1 N–H and O–H groups in total. The Morgan fingerprint density at radius 3 is 2.00 bits per heavy atom. The number of hydrogen-bond donors (Lipinski definition) is 1. The van der Waals surface area contributed by atoms with Crippen molar-refractivity contribution in [2.75, 3.05) is 33.9 Å². The summed E-state index contributed by atoms with van der Waals surface area (Å²) < 4.78 is 10.7. The number of aliphatic hydroxyl groups is 1. The third kappa shape index (κ3) is 3.17. The van der Waals surface area contributed by atoms with Crippen LogP contribution in [-0.4, -0.2) is 61.7 Å². The van der Waals surface area contributed by atoms with E-state index in [0.717, 1.165) is 13.1 Å². The fourth-order valence-corrected chi connectivity index (χ4v) is 2.04. The van der Waals surface area contributed by atoms with E-state index >= 15 is 0 Å². The minimum absolute atomic E-state index is 0.118. The van der Waals surface area contributed by atoms with E-state index in [0.29, 0.717) is 6.54 Å². The Bertz CT molecular complexity index is 206. The van der Waals surface area contributed by atoms with Crippen molar-refractivity contribution in [2.45, 2.75) is 38.6 Å². The summed E-state index contributed by atoms with van der Waals surface area (Å²) in [5, 5.41) is 10.2. The monoisotopic (exact) mass is 231 g/mol. The van der Waals surface area contributed by atoms with E-state index in [4.69, 9.17) is 9.47 Å². The fourth-order valence-electron chi connectivity index (χ4n) is 2.04. The summed E-state index contributed by atoms with van der Waals surface area (Å²) in [5.74, 6) is 0.245. The van der Waals surface area contributed by atoms with Crippen molar-refractivity contribution < 1.29 is 14.6 Å². The number of methoxy groups -OCH3 is 2. The predicted molar refractivity (Wildman–Crippen MR) is 63.5 cm³/mol. The Morgan fingerprint density at radius 2 is 1.69 bits per heavy atom. The number of hydrogen-bond acceptors (Lipinski definition) is 4. The first-order chi connectivity index (χ1) is 7.40. The first kappa shape index (κ1) is 13.9. The molecule has 16 heavy (non-hydrogen) atoms. The normalized spacial score (nSPS) is 30.9. The highest BCUT2D eigenvalue weighted by Crippen LogP contribution is 2.22. The second kappa shape index (κ2) is 5.45. The van der Waals surface area contributed by atoms with Crippen LogP contribution < -0.4 is 0 Å². The Morgan fingerprint density at radius 1 is 1.25 bits per heavy atom. The molecule has 0 aromatic rings. The standard InChI is InChI=1S/C12H25NO3/c1-9(2)12(3,14)8-13-6-10(15-4)11(7-13)16-5/h9-11,14H,6-8H2,1-5H3. The van der Waals surface area contributed by atoms with Gasteiger partial charge in [-0.1, -0.05) is 13.8 Å². The Hall–Kier alpha value is -0.160. The minimum atomic E-state index is -0.652. The van der Waals surface area contributed by atoms with Gasteiger partial charge in [0.15, 0.2) is 0 Å². The zero-order valence-electron chi connectivity index (χ0n) is 11.1. The van der Waals surface area contributed by atoms with Crippen molar-refractivity contribution in [3.63, 3.8) is 0 Å². The van der Waals surface area contributed by atoms with Crippen LogP contribution in [-0.2, 0) is 9.47 Å². The Balaban J connectivity index is 2.52. The smallest absolute Gasteiger partial charge is 0.0971 e. The highest BCUT2D eigenvalue weighted by Gasteiger charge is 2.37. The maximum atomic E-state index is 10.2. The van der Waals surface area contributed by atoms with Gasteiger partial charge in [-0.25, -0.2) is 0 Å². The van der Waals surface area contributed by atoms with Gasteiger partial charge in [0.25, 0.3) is 0 Å². The van der Waals surface area contributed by atoms with Crippen molar-refractivity contribution in [1.29, 1.82) is 0 Å². The third-order valence-electron chi connectivity index (χ3n) is 3.68. The van der Waals surface area contributed by atoms with Gasteiger partial charge in [-0.3, -0.25) is 4.90 Å². The van der Waals surface area contributed by atoms with Crippen molar-refractivity contribution in [2.24, 2.45) is 5.92 Å². The van der Waals surface area contributed by atoms with Gasteiger partial charge in [-0.15, -0.1) is 0 Å². The molecule has 0 aromatic heterocycles. The molecule has 3 unspecified atom stereocenters. The molecular weight excluding hydrogens is 206 g/mol. The van der Waals surface area contributed by atoms with Gasteiger partial charge in [0, 0.05) is 33.9 Å². The number of likely N-dealkylation sites (tertiary alicyclic amines) is 1. The summed E-state index contributed by atoms with van der Waals surface area (Å²) in [6.45, 7) is 8.30. The molecule has 1 aliphatic rings. The molecular formula is C12H25NO3. The number of nitrogens with zero attached hydrogens (tertiary/aromatic N) is 1. The summed E-state index contributed by atoms with van der Waals surface area (Å²) >= 11 is 0. The zero-order chi connectivity index (χ0) is 12.3. The van der Waals surface area contributed by atoms with Crippen molar-refractivity contribution in [3.8, 4) is 0 Å². The molecule has 0 amide bonds. The second-order valence-electron chi connectivity index (χ2n) is 5.25. The Labute approximate surface area is 98.5 Å². The van der Waals surface area contributed by atoms with Crippen LogP contribution in [0.25, 0.3) is 0 Å². The van der Waals surface area contributed by atoms with Gasteiger partial charge >= 0.3 is 0 Å². The van der Waals surface area contributed by atoms with Crippen LogP contribution in [0.4, 0.5) is 0 Å². The van der Waals surface area contributed by atoms with E-state index in [1.165, 1.54) is 0 Å². The minimum Gasteiger partial charge on any atom is -0.389 e. The van der Waals surface area contributed by atoms with Gasteiger partial charge < -0.3 is 14.6 Å². The van der Waals surface area contributed by atoms with Crippen molar-refractivity contribution in [1.82, 2.24) is 4.90 Å². The molecule has 1 fully saturated rings. The molecule has 3 atom stereocenters. The van der Waals surface area contributed by atoms with Gasteiger partial charge in [-0.2, -0.15) is 0 Å². The molecule has 1 heterocycles. The van der Waals surface area contributed by atoms with E-state index < -0.39 is 5.60 Å². The summed E-state index contributed by atoms with van der Waals surface area (Å²) in [4.78, 5) is 2.21. The summed E-state index contributed by atoms with van der Waals surface area (Å²) in [5.41, 5.74) is -0.652. The summed E-state index contributed by atoms with van der Waals surface area (Å²) in [6, 6.07) is 0. The van der Waals surface area contributed by atoms with E-state index in [1.54, 1.807) is 14.2 Å². The first-order valence-electron chi connectivity index (χ1n) is 5.91. The highest BCUT2D eigenvalue weighted by molar-refractivity contribution is 4.90. The summed E-state index contributed by atoms with van der Waals surface area (Å²) in [6.07, 6.45) is 0.237. The lowest BCUT2D eigenvalue weighted by molar-refractivity contribution is -0.0170. The average molecular weight is 231 g/mol. The topological polar surface area (TPSA) is 41.9 Å². The molecule has 1 aliphatic heterocycles. The fraction of sp³-hybridized carbons (Fsp3) is 1.00. The van der Waals surface area contributed by atoms with Gasteiger partial charge in [0.05, 0.1) is 17.8 Å². The Kier molecular flexibility index (Phi) is 4.73. The molecule has 4 heteroatoms. The summed E-state index contributed by atoms with van der Waals surface area (Å²) in [7, 11) is 3.42. The molecule has 0 saturated carbocycles. The van der Waals surface area contributed by atoms with E-state index in [-0.39, 0.29) is 18.1 Å². The maximum Gasteiger partial charge on any atom is 0.0971 e. The largest absolute Gasteiger partial charge is 0.389 e. The van der Waals surface area contributed by atoms with Gasteiger partial charge in [-0.05, 0) is 12.8 Å². The zero-order valence-corrected chi connectivity index (χ0v) is 11.1. The van der Waals surface area contributed by atoms with Crippen LogP contribution in [0.2, 0.25) is 0 Å². The SMILES string of the molecule is COC1CN(CC(C)(O)C(C)C)CC1OC. The number of rotatable bonds is 5. The molecule has 0 aliphatic carbocycles. The molecule has 96 valence electrons. The lowest BCUT2D eigenvalue weighted by Gasteiger charge is -2.32.